The summed E-state index contributed by atoms with van der Waals surface area (Å²) in [5.41, 5.74) is 20.3. The second kappa shape index (κ2) is 9.88. The third-order valence-corrected chi connectivity index (χ3v) is 4.18. The lowest BCUT2D eigenvalue weighted by Crippen LogP contribution is -2.17. The zero-order valence-electron chi connectivity index (χ0n) is 16.8. The Hall–Kier alpha value is -4.13. The minimum absolute atomic E-state index is 0.0702. The first-order valence-corrected chi connectivity index (χ1v) is 9.12. The molecule has 2 amide bonds. The Kier molecular flexibility index (Phi) is 7.30. The van der Waals surface area contributed by atoms with Crippen LogP contribution in [0.15, 0.2) is 66.7 Å². The summed E-state index contributed by atoms with van der Waals surface area (Å²) in [4.78, 5) is 34.2. The number of carbonyl (C=O) groups excluding carboxylic acids is 3. The van der Waals surface area contributed by atoms with Crippen molar-refractivity contribution in [2.24, 2.45) is 5.73 Å². The molecule has 0 unspecified atom stereocenters. The SMILES string of the molecule is CC(=O)Nc1ccc(N)c(C)c1.NC(=O)c1ccc(N)cc1C(=O)c1ccccc1. The number of ketones is 1. The molecule has 0 bridgehead atoms. The van der Waals surface area contributed by atoms with Gasteiger partial charge in [0.15, 0.2) is 5.78 Å². The van der Waals surface area contributed by atoms with Crippen molar-refractivity contribution in [2.45, 2.75) is 13.8 Å². The van der Waals surface area contributed by atoms with Crippen LogP contribution in [0.1, 0.15) is 38.8 Å². The lowest BCUT2D eigenvalue weighted by atomic mass is 9.97. The molecule has 0 heterocycles. The zero-order chi connectivity index (χ0) is 22.3. The van der Waals surface area contributed by atoms with Crippen molar-refractivity contribution in [1.82, 2.24) is 0 Å². The Labute approximate surface area is 174 Å². The molecule has 0 spiro atoms. The van der Waals surface area contributed by atoms with E-state index in [1.54, 1.807) is 42.5 Å². The van der Waals surface area contributed by atoms with Crippen LogP contribution in [0, 0.1) is 6.92 Å². The summed E-state index contributed by atoms with van der Waals surface area (Å²) in [6, 6.07) is 18.6. The molecule has 7 nitrogen and oxygen atoms in total. The Morgan fingerprint density at radius 3 is 2.07 bits per heavy atom. The molecule has 3 rings (SSSR count). The third kappa shape index (κ3) is 5.93. The number of amides is 2. The first kappa shape index (κ1) is 22.2. The summed E-state index contributed by atoms with van der Waals surface area (Å²) in [6.07, 6.45) is 0. The largest absolute Gasteiger partial charge is 0.399 e. The molecule has 0 fully saturated rings. The first-order chi connectivity index (χ1) is 14.2. The molecule has 0 aromatic heterocycles. The molecule has 7 N–H and O–H groups in total. The van der Waals surface area contributed by atoms with Crippen molar-refractivity contribution < 1.29 is 14.4 Å². The number of rotatable bonds is 4. The predicted octanol–water partition coefficient (Wildman–Crippen LogP) is 3.13. The topological polar surface area (TPSA) is 141 Å². The number of anilines is 3. The van der Waals surface area contributed by atoms with Gasteiger partial charge in [0.05, 0.1) is 5.56 Å². The van der Waals surface area contributed by atoms with Gasteiger partial charge in [-0.05, 0) is 48.9 Å². The Morgan fingerprint density at radius 1 is 0.833 bits per heavy atom. The third-order valence-electron chi connectivity index (χ3n) is 4.18. The minimum Gasteiger partial charge on any atom is -0.399 e. The van der Waals surface area contributed by atoms with Crippen LogP contribution in [0.2, 0.25) is 0 Å². The first-order valence-electron chi connectivity index (χ1n) is 9.12. The van der Waals surface area contributed by atoms with Gasteiger partial charge in [0.25, 0.3) is 0 Å². The van der Waals surface area contributed by atoms with Crippen molar-refractivity contribution in [1.29, 1.82) is 0 Å². The summed E-state index contributed by atoms with van der Waals surface area (Å²) in [7, 11) is 0. The van der Waals surface area contributed by atoms with E-state index in [0.717, 1.165) is 16.9 Å². The van der Waals surface area contributed by atoms with E-state index in [4.69, 9.17) is 17.2 Å². The quantitative estimate of drug-likeness (QED) is 0.390. The number of carbonyl (C=O) groups is 3. The van der Waals surface area contributed by atoms with Gasteiger partial charge in [-0.25, -0.2) is 0 Å². The number of nitrogen functional groups attached to an aromatic ring is 2. The Balaban J connectivity index is 0.000000232. The van der Waals surface area contributed by atoms with Crippen LogP contribution in [0.5, 0.6) is 0 Å². The molecule has 154 valence electrons. The molecule has 0 atom stereocenters. The fourth-order valence-corrected chi connectivity index (χ4v) is 2.67. The number of nitrogens with one attached hydrogen (secondary N) is 1. The van der Waals surface area contributed by atoms with Crippen molar-refractivity contribution in [3.05, 3.63) is 89.0 Å². The molecule has 0 aliphatic heterocycles. The van der Waals surface area contributed by atoms with Gasteiger partial charge in [-0.3, -0.25) is 14.4 Å². The van der Waals surface area contributed by atoms with E-state index in [-0.39, 0.29) is 22.8 Å². The number of hydrogen-bond acceptors (Lipinski definition) is 5. The second-order valence-electron chi connectivity index (χ2n) is 6.62. The lowest BCUT2D eigenvalue weighted by molar-refractivity contribution is -0.114. The molecule has 7 heteroatoms. The lowest BCUT2D eigenvalue weighted by Gasteiger charge is -2.07. The smallest absolute Gasteiger partial charge is 0.249 e. The molecule has 0 aliphatic carbocycles. The fraction of sp³-hybridized carbons (Fsp3) is 0.0870. The number of nitrogens with two attached hydrogens (primary N) is 3. The van der Waals surface area contributed by atoms with Crippen LogP contribution in [0.3, 0.4) is 0 Å². The van der Waals surface area contributed by atoms with E-state index < -0.39 is 5.91 Å². The van der Waals surface area contributed by atoms with Crippen LogP contribution >= 0.6 is 0 Å². The molecule has 3 aromatic carbocycles. The van der Waals surface area contributed by atoms with Crippen LogP contribution < -0.4 is 22.5 Å². The summed E-state index contributed by atoms with van der Waals surface area (Å²) in [5, 5.41) is 2.68. The highest BCUT2D eigenvalue weighted by Gasteiger charge is 2.16. The standard InChI is InChI=1S/C14H12N2O2.C9H12N2O/c15-10-6-7-11(14(16)18)12(8-10)13(17)9-4-2-1-3-5-9;1-6-5-8(11-7(2)12)3-4-9(6)10/h1-8H,15H2,(H2,16,18);3-5H,10H2,1-2H3,(H,11,12). The van der Waals surface area contributed by atoms with Crippen LogP contribution in [0.4, 0.5) is 17.1 Å². The maximum atomic E-state index is 12.3. The van der Waals surface area contributed by atoms with Gasteiger partial charge < -0.3 is 22.5 Å². The summed E-state index contributed by atoms with van der Waals surface area (Å²) in [6.45, 7) is 3.38. The van der Waals surface area contributed by atoms with Crippen molar-refractivity contribution in [2.75, 3.05) is 16.8 Å². The van der Waals surface area contributed by atoms with Gasteiger partial charge in [-0.2, -0.15) is 0 Å². The number of hydrogen-bond donors (Lipinski definition) is 4. The van der Waals surface area contributed by atoms with Gasteiger partial charge in [-0.1, -0.05) is 30.3 Å². The number of benzene rings is 3. The van der Waals surface area contributed by atoms with Crippen molar-refractivity contribution >= 4 is 34.7 Å². The maximum absolute atomic E-state index is 12.3. The molecule has 0 radical (unpaired) electrons. The fourth-order valence-electron chi connectivity index (χ4n) is 2.67. The highest BCUT2D eigenvalue weighted by Crippen LogP contribution is 2.18. The second-order valence-corrected chi connectivity index (χ2v) is 6.62. The van der Waals surface area contributed by atoms with Gasteiger partial charge >= 0.3 is 0 Å². The molecular formula is C23H24N4O3. The zero-order valence-corrected chi connectivity index (χ0v) is 16.8. The average Bonchev–Trinajstić information content (AvgIpc) is 2.70. The number of aryl methyl sites for hydroxylation is 1. The van der Waals surface area contributed by atoms with E-state index in [0.29, 0.717) is 11.3 Å². The van der Waals surface area contributed by atoms with Crippen LogP contribution in [-0.4, -0.2) is 17.6 Å². The van der Waals surface area contributed by atoms with Gasteiger partial charge in [0.2, 0.25) is 11.8 Å². The Bertz CT molecular complexity index is 1080. The van der Waals surface area contributed by atoms with Gasteiger partial charge in [0.1, 0.15) is 0 Å². The maximum Gasteiger partial charge on any atom is 0.249 e. The van der Waals surface area contributed by atoms with Crippen molar-refractivity contribution in [3.63, 3.8) is 0 Å². The van der Waals surface area contributed by atoms with Gasteiger partial charge in [0, 0.05) is 35.1 Å². The molecular weight excluding hydrogens is 380 g/mol. The normalized spacial score (nSPS) is 9.80. The van der Waals surface area contributed by atoms with Crippen molar-refractivity contribution in [3.8, 4) is 0 Å². The molecule has 0 saturated carbocycles. The van der Waals surface area contributed by atoms with E-state index in [2.05, 4.69) is 5.32 Å². The van der Waals surface area contributed by atoms with E-state index >= 15 is 0 Å². The summed E-state index contributed by atoms with van der Waals surface area (Å²) >= 11 is 0. The Morgan fingerprint density at radius 2 is 1.50 bits per heavy atom. The molecule has 3 aromatic rings. The average molecular weight is 404 g/mol. The molecule has 30 heavy (non-hydrogen) atoms. The summed E-state index contributed by atoms with van der Waals surface area (Å²) in [5.74, 6) is -0.981. The van der Waals surface area contributed by atoms with Gasteiger partial charge in [-0.15, -0.1) is 0 Å². The highest BCUT2D eigenvalue weighted by molar-refractivity contribution is 6.15. The minimum atomic E-state index is -0.644. The highest BCUT2D eigenvalue weighted by atomic mass is 16.2. The van der Waals surface area contributed by atoms with Crippen LogP contribution in [0.25, 0.3) is 0 Å². The molecule has 0 aliphatic rings. The van der Waals surface area contributed by atoms with E-state index in [9.17, 15) is 14.4 Å². The monoisotopic (exact) mass is 404 g/mol. The molecule has 0 saturated heterocycles. The van der Waals surface area contributed by atoms with E-state index in [1.807, 2.05) is 19.1 Å². The summed E-state index contributed by atoms with van der Waals surface area (Å²) < 4.78 is 0. The predicted molar refractivity (Wildman–Crippen MR) is 119 cm³/mol. The number of primary amides is 1. The van der Waals surface area contributed by atoms with Crippen LogP contribution in [-0.2, 0) is 4.79 Å². The van der Waals surface area contributed by atoms with E-state index in [1.165, 1.54) is 19.1 Å².